The highest BCUT2D eigenvalue weighted by molar-refractivity contribution is 5.80. The van der Waals surface area contributed by atoms with Gasteiger partial charge >= 0.3 is 0 Å². The molecule has 8 heteroatoms. The van der Waals surface area contributed by atoms with E-state index in [0.29, 0.717) is 24.6 Å². The second-order valence-corrected chi connectivity index (χ2v) is 6.25. The molecule has 2 aromatic heterocycles. The van der Waals surface area contributed by atoms with Gasteiger partial charge in [0, 0.05) is 44.0 Å². The first kappa shape index (κ1) is 16.4. The van der Waals surface area contributed by atoms with Gasteiger partial charge in [0.05, 0.1) is 18.3 Å². The average Bonchev–Trinajstić information content (AvgIpc) is 2.94. The van der Waals surface area contributed by atoms with Crippen molar-refractivity contribution in [3.8, 4) is 0 Å². The minimum atomic E-state index is -0.0488. The van der Waals surface area contributed by atoms with Crippen LogP contribution in [0.5, 0.6) is 0 Å². The van der Waals surface area contributed by atoms with Gasteiger partial charge in [0.25, 0.3) is 0 Å². The normalized spacial score (nSPS) is 20.8. The van der Waals surface area contributed by atoms with Crippen molar-refractivity contribution in [3.63, 3.8) is 0 Å². The summed E-state index contributed by atoms with van der Waals surface area (Å²) in [6.07, 6.45) is 2.08. The number of nitrogens with zero attached hydrogens (tertiary/aromatic N) is 5. The monoisotopic (exact) mass is 329 g/mol. The smallest absolute Gasteiger partial charge is 0.224 e. The van der Waals surface area contributed by atoms with Gasteiger partial charge < -0.3 is 16.0 Å². The molecular weight excluding hydrogens is 306 g/mol. The number of hydrogen-bond donors (Lipinski definition) is 2. The van der Waals surface area contributed by atoms with E-state index >= 15 is 0 Å². The van der Waals surface area contributed by atoms with Gasteiger partial charge in [-0.25, -0.2) is 9.97 Å². The van der Waals surface area contributed by atoms with Gasteiger partial charge in [-0.1, -0.05) is 0 Å². The molecule has 1 amide bonds. The van der Waals surface area contributed by atoms with Gasteiger partial charge in [0.1, 0.15) is 11.6 Å². The second kappa shape index (κ2) is 6.20. The van der Waals surface area contributed by atoms with E-state index in [1.54, 1.807) is 17.2 Å². The fraction of sp³-hybridized carbons (Fsp3) is 0.500. The summed E-state index contributed by atoms with van der Waals surface area (Å²) in [6.45, 7) is 4.48. The van der Waals surface area contributed by atoms with Crippen molar-refractivity contribution in [1.29, 1.82) is 0 Å². The van der Waals surface area contributed by atoms with Crippen LogP contribution in [0, 0.1) is 13.8 Å². The molecule has 2 atom stereocenters. The Kier molecular flexibility index (Phi) is 4.23. The Morgan fingerprint density at radius 3 is 2.75 bits per heavy atom. The Morgan fingerprint density at radius 1 is 1.38 bits per heavy atom. The quantitative estimate of drug-likeness (QED) is 0.845. The fourth-order valence-corrected chi connectivity index (χ4v) is 3.39. The van der Waals surface area contributed by atoms with Gasteiger partial charge in [-0.05, 0) is 19.9 Å². The fourth-order valence-electron chi connectivity index (χ4n) is 3.39. The number of carbonyl (C=O) groups excluding carboxylic acids is 1. The molecule has 3 N–H and O–H groups in total. The summed E-state index contributed by atoms with van der Waals surface area (Å²) in [5.41, 5.74) is 8.83. The summed E-state index contributed by atoms with van der Waals surface area (Å²) in [5.74, 6) is 1.18. The first-order valence-electron chi connectivity index (χ1n) is 7.95. The average molecular weight is 329 g/mol. The second-order valence-electron chi connectivity index (χ2n) is 6.25. The third-order valence-corrected chi connectivity index (χ3v) is 4.70. The third kappa shape index (κ3) is 2.84. The van der Waals surface area contributed by atoms with Crippen molar-refractivity contribution < 1.29 is 4.79 Å². The number of nitrogens with one attached hydrogen (secondary N) is 1. The Hall–Kier alpha value is -2.48. The van der Waals surface area contributed by atoms with E-state index in [1.165, 1.54) is 0 Å². The molecular formula is C16H23N7O. The molecule has 0 bridgehead atoms. The molecule has 1 aliphatic heterocycles. The highest BCUT2D eigenvalue weighted by Gasteiger charge is 2.40. The van der Waals surface area contributed by atoms with Crippen LogP contribution in [0.25, 0.3) is 0 Å². The number of nitrogen functional groups attached to an aromatic ring is 1. The number of anilines is 1. The molecule has 0 unspecified atom stereocenters. The maximum absolute atomic E-state index is 12.3. The first-order chi connectivity index (χ1) is 11.4. The summed E-state index contributed by atoms with van der Waals surface area (Å²) in [4.78, 5) is 22.5. The number of hydrogen-bond acceptors (Lipinski definition) is 6. The minimum Gasteiger partial charge on any atom is -0.384 e. The van der Waals surface area contributed by atoms with Gasteiger partial charge in [-0.2, -0.15) is 5.10 Å². The van der Waals surface area contributed by atoms with E-state index in [-0.39, 0.29) is 18.0 Å². The van der Waals surface area contributed by atoms with E-state index in [2.05, 4.69) is 20.4 Å². The van der Waals surface area contributed by atoms with Gasteiger partial charge in [0.15, 0.2) is 0 Å². The van der Waals surface area contributed by atoms with Crippen molar-refractivity contribution >= 4 is 11.7 Å². The molecule has 1 fully saturated rings. The largest absolute Gasteiger partial charge is 0.384 e. The van der Waals surface area contributed by atoms with E-state index in [0.717, 1.165) is 17.0 Å². The van der Waals surface area contributed by atoms with Crippen LogP contribution < -0.4 is 11.1 Å². The van der Waals surface area contributed by atoms with Crippen LogP contribution in [-0.4, -0.2) is 43.6 Å². The van der Waals surface area contributed by atoms with Gasteiger partial charge in [-0.3, -0.25) is 9.48 Å². The van der Waals surface area contributed by atoms with E-state index in [4.69, 9.17) is 5.73 Å². The zero-order valence-electron chi connectivity index (χ0n) is 14.4. The van der Waals surface area contributed by atoms with E-state index < -0.39 is 0 Å². The molecule has 2 aromatic rings. The molecule has 0 spiro atoms. The predicted octanol–water partition coefficient (Wildman–Crippen LogP) is 0.471. The number of likely N-dealkylation sites (N-methyl/N-ethyl adjacent to an activating group) is 1. The number of carbonyl (C=O) groups is 1. The minimum absolute atomic E-state index is 0.0193. The number of likely N-dealkylation sites (tertiary alicyclic amines) is 1. The number of aromatic nitrogens is 4. The van der Waals surface area contributed by atoms with Crippen LogP contribution in [-0.2, 0) is 18.4 Å². The van der Waals surface area contributed by atoms with Crippen LogP contribution in [0.4, 0.5) is 5.82 Å². The highest BCUT2D eigenvalue weighted by Crippen LogP contribution is 2.35. The van der Waals surface area contributed by atoms with Crippen LogP contribution in [0.3, 0.4) is 0 Å². The first-order valence-corrected chi connectivity index (χ1v) is 7.95. The van der Waals surface area contributed by atoms with Crippen molar-refractivity contribution in [2.75, 3.05) is 12.8 Å². The summed E-state index contributed by atoms with van der Waals surface area (Å²) < 4.78 is 1.86. The molecule has 1 saturated heterocycles. The molecule has 0 radical (unpaired) electrons. The lowest BCUT2D eigenvalue weighted by Crippen LogP contribution is -2.35. The predicted molar refractivity (Wildman–Crippen MR) is 89.9 cm³/mol. The molecule has 0 aliphatic carbocycles. The molecule has 0 saturated carbocycles. The molecule has 24 heavy (non-hydrogen) atoms. The zero-order chi connectivity index (χ0) is 17.4. The van der Waals surface area contributed by atoms with Crippen LogP contribution in [0.2, 0.25) is 0 Å². The van der Waals surface area contributed by atoms with Crippen molar-refractivity contribution in [1.82, 2.24) is 30.0 Å². The van der Waals surface area contributed by atoms with Crippen LogP contribution >= 0.6 is 0 Å². The van der Waals surface area contributed by atoms with Gasteiger partial charge in [0.2, 0.25) is 5.91 Å². The molecule has 1 aliphatic rings. The number of aryl methyl sites for hydroxylation is 2. The van der Waals surface area contributed by atoms with Crippen molar-refractivity contribution in [2.24, 2.45) is 7.05 Å². The molecule has 0 aromatic carbocycles. The molecule has 128 valence electrons. The maximum Gasteiger partial charge on any atom is 0.224 e. The SMILES string of the molecule is Cc1nn(C)c(C)c1[C@H]1[C@H](NCc2nccc(N)n2)CC(=O)N1C. The lowest BCUT2D eigenvalue weighted by Gasteiger charge is -2.26. The number of rotatable bonds is 4. The Labute approximate surface area is 141 Å². The maximum atomic E-state index is 12.3. The Morgan fingerprint density at radius 2 is 2.12 bits per heavy atom. The highest BCUT2D eigenvalue weighted by atomic mass is 16.2. The van der Waals surface area contributed by atoms with Gasteiger partial charge in [-0.15, -0.1) is 0 Å². The molecule has 8 nitrogen and oxygen atoms in total. The third-order valence-electron chi connectivity index (χ3n) is 4.70. The lowest BCUT2D eigenvalue weighted by atomic mass is 9.98. The molecule has 3 rings (SSSR count). The van der Waals surface area contributed by atoms with Crippen molar-refractivity contribution in [3.05, 3.63) is 35.0 Å². The standard InChI is InChI=1S/C16H23N7O/c1-9-15(10(2)23(4)21-9)16-11(7-14(24)22(16)3)19-8-13-18-6-5-12(17)20-13/h5-6,11,16,19H,7-8H2,1-4H3,(H2,17,18,20)/t11-,16-/m1/s1. The zero-order valence-corrected chi connectivity index (χ0v) is 14.4. The van der Waals surface area contributed by atoms with Crippen molar-refractivity contribution in [2.45, 2.75) is 38.9 Å². The Bertz CT molecular complexity index is 770. The van der Waals surface area contributed by atoms with E-state index in [9.17, 15) is 4.79 Å². The number of amides is 1. The summed E-state index contributed by atoms with van der Waals surface area (Å²) in [6, 6.07) is 1.59. The van der Waals surface area contributed by atoms with Crippen LogP contribution in [0.15, 0.2) is 12.3 Å². The molecule has 3 heterocycles. The topological polar surface area (TPSA) is 102 Å². The van der Waals surface area contributed by atoms with Crippen LogP contribution in [0.1, 0.15) is 35.2 Å². The summed E-state index contributed by atoms with van der Waals surface area (Å²) in [5, 5.41) is 7.91. The lowest BCUT2D eigenvalue weighted by molar-refractivity contribution is -0.127. The number of nitrogens with two attached hydrogens (primary N) is 1. The summed E-state index contributed by atoms with van der Waals surface area (Å²) in [7, 11) is 3.77. The summed E-state index contributed by atoms with van der Waals surface area (Å²) >= 11 is 0. The van der Waals surface area contributed by atoms with E-state index in [1.807, 2.05) is 32.6 Å². The Balaban J connectivity index is 1.84.